The maximum Gasteiger partial charge on any atom is 0.136 e. The van der Waals surface area contributed by atoms with Crippen molar-refractivity contribution >= 4 is 54.5 Å². The van der Waals surface area contributed by atoms with Gasteiger partial charge in [0.1, 0.15) is 11.2 Å². The van der Waals surface area contributed by atoms with Gasteiger partial charge in [-0.15, -0.1) is 0 Å². The molecule has 184 valence electrons. The Morgan fingerprint density at radius 1 is 0.513 bits per heavy atom. The van der Waals surface area contributed by atoms with E-state index >= 15 is 0 Å². The number of benzene rings is 6. The molecule has 0 aliphatic heterocycles. The molecule has 0 N–H and O–H groups in total. The minimum atomic E-state index is -0.0106. The average Bonchev–Trinajstić information content (AvgIpc) is 3.56. The van der Waals surface area contributed by atoms with Gasteiger partial charge in [-0.05, 0) is 75.5 Å². The molecular formula is C37H25NO. The van der Waals surface area contributed by atoms with E-state index < -0.39 is 0 Å². The molecule has 8 aromatic rings. The summed E-state index contributed by atoms with van der Waals surface area (Å²) in [6, 6.07) is 42.1. The monoisotopic (exact) mass is 499 g/mol. The van der Waals surface area contributed by atoms with E-state index in [1.54, 1.807) is 0 Å². The molecule has 0 bridgehead atoms. The van der Waals surface area contributed by atoms with Crippen molar-refractivity contribution in [3.05, 3.63) is 126 Å². The van der Waals surface area contributed by atoms with Crippen molar-refractivity contribution in [1.29, 1.82) is 0 Å². The SMILES string of the molecule is CC1(C)c2ccccc2-c2cc(-n3c4cc5ccccc5cc4c4cc5oc6ccccc6c5cc43)ccc21. The molecule has 0 saturated carbocycles. The van der Waals surface area contributed by atoms with E-state index in [1.807, 2.05) is 6.07 Å². The lowest BCUT2D eigenvalue weighted by molar-refractivity contribution is 0.660. The first-order chi connectivity index (χ1) is 19.1. The number of hydrogen-bond donors (Lipinski definition) is 0. The molecule has 2 heterocycles. The van der Waals surface area contributed by atoms with Crippen LogP contribution in [0.15, 0.2) is 120 Å². The zero-order chi connectivity index (χ0) is 25.9. The van der Waals surface area contributed by atoms with Gasteiger partial charge in [0.2, 0.25) is 0 Å². The van der Waals surface area contributed by atoms with Gasteiger partial charge in [0.15, 0.2) is 0 Å². The summed E-state index contributed by atoms with van der Waals surface area (Å²) in [5.74, 6) is 0. The predicted octanol–water partition coefficient (Wildman–Crippen LogP) is 10.1. The van der Waals surface area contributed by atoms with E-state index in [1.165, 1.54) is 60.5 Å². The van der Waals surface area contributed by atoms with Crippen molar-refractivity contribution in [3.63, 3.8) is 0 Å². The highest BCUT2D eigenvalue weighted by atomic mass is 16.3. The highest BCUT2D eigenvalue weighted by Gasteiger charge is 2.35. The Labute approximate surface area is 225 Å². The van der Waals surface area contributed by atoms with Crippen LogP contribution in [0, 0.1) is 0 Å². The lowest BCUT2D eigenvalue weighted by Gasteiger charge is -2.21. The number of aromatic nitrogens is 1. The second-order valence-corrected chi connectivity index (χ2v) is 11.4. The number of rotatable bonds is 1. The van der Waals surface area contributed by atoms with Crippen LogP contribution in [0.3, 0.4) is 0 Å². The summed E-state index contributed by atoms with van der Waals surface area (Å²) in [6.07, 6.45) is 0. The Balaban J connectivity index is 1.43. The zero-order valence-electron chi connectivity index (χ0n) is 21.8. The smallest absolute Gasteiger partial charge is 0.136 e. The Kier molecular flexibility index (Phi) is 3.89. The lowest BCUT2D eigenvalue weighted by atomic mass is 9.82. The van der Waals surface area contributed by atoms with Crippen LogP contribution in [-0.2, 0) is 5.41 Å². The van der Waals surface area contributed by atoms with Crippen molar-refractivity contribution in [3.8, 4) is 16.8 Å². The highest BCUT2D eigenvalue weighted by Crippen LogP contribution is 2.49. The summed E-state index contributed by atoms with van der Waals surface area (Å²) in [7, 11) is 0. The first-order valence-electron chi connectivity index (χ1n) is 13.6. The highest BCUT2D eigenvalue weighted by molar-refractivity contribution is 6.19. The summed E-state index contributed by atoms with van der Waals surface area (Å²) in [5.41, 5.74) is 10.9. The zero-order valence-corrected chi connectivity index (χ0v) is 21.8. The largest absolute Gasteiger partial charge is 0.456 e. The molecule has 0 fully saturated rings. The fraction of sp³-hybridized carbons (Fsp3) is 0.0811. The summed E-state index contributed by atoms with van der Waals surface area (Å²) in [6.45, 7) is 4.68. The van der Waals surface area contributed by atoms with Gasteiger partial charge in [0.25, 0.3) is 0 Å². The second-order valence-electron chi connectivity index (χ2n) is 11.4. The number of hydrogen-bond acceptors (Lipinski definition) is 1. The molecule has 2 aromatic heterocycles. The standard InChI is InChI=1S/C37H25NO/c1-37(2)31-13-7-5-11-25(31)27-19-24(15-16-32(27)37)38-33-18-23-10-4-3-9-22(23)17-28(33)29-21-36-30(20-34(29)38)26-12-6-8-14-35(26)39-36/h3-21H,1-2H3. The summed E-state index contributed by atoms with van der Waals surface area (Å²) in [4.78, 5) is 0. The third-order valence-electron chi connectivity index (χ3n) is 8.96. The summed E-state index contributed by atoms with van der Waals surface area (Å²) >= 11 is 0. The molecule has 1 aliphatic rings. The Morgan fingerprint density at radius 3 is 2.10 bits per heavy atom. The summed E-state index contributed by atoms with van der Waals surface area (Å²) < 4.78 is 8.78. The molecule has 1 aliphatic carbocycles. The van der Waals surface area contributed by atoms with Gasteiger partial charge < -0.3 is 8.98 Å². The predicted molar refractivity (Wildman–Crippen MR) is 163 cm³/mol. The van der Waals surface area contributed by atoms with Crippen molar-refractivity contribution in [1.82, 2.24) is 4.57 Å². The molecule has 0 unspecified atom stereocenters. The molecule has 0 amide bonds. The quantitative estimate of drug-likeness (QED) is 0.220. The van der Waals surface area contributed by atoms with Crippen LogP contribution in [0.5, 0.6) is 0 Å². The van der Waals surface area contributed by atoms with E-state index in [-0.39, 0.29) is 5.41 Å². The average molecular weight is 500 g/mol. The maximum atomic E-state index is 6.33. The Bertz CT molecular complexity index is 2310. The number of furan rings is 1. The van der Waals surface area contributed by atoms with Crippen molar-refractivity contribution in [2.45, 2.75) is 19.3 Å². The van der Waals surface area contributed by atoms with Crippen LogP contribution >= 0.6 is 0 Å². The van der Waals surface area contributed by atoms with Crippen LogP contribution in [-0.4, -0.2) is 4.57 Å². The molecule has 0 saturated heterocycles. The summed E-state index contributed by atoms with van der Waals surface area (Å²) in [5, 5.41) is 7.25. The Morgan fingerprint density at radius 2 is 1.21 bits per heavy atom. The van der Waals surface area contributed by atoms with Crippen molar-refractivity contribution in [2.24, 2.45) is 0 Å². The minimum Gasteiger partial charge on any atom is -0.456 e. The van der Waals surface area contributed by atoms with Crippen LogP contribution in [0.2, 0.25) is 0 Å². The Hall–Kier alpha value is -4.82. The molecule has 2 nitrogen and oxygen atoms in total. The van der Waals surface area contributed by atoms with Crippen molar-refractivity contribution in [2.75, 3.05) is 0 Å². The van der Waals surface area contributed by atoms with Crippen molar-refractivity contribution < 1.29 is 4.42 Å². The van der Waals surface area contributed by atoms with Crippen LogP contribution in [0.1, 0.15) is 25.0 Å². The third kappa shape index (κ3) is 2.71. The maximum absolute atomic E-state index is 6.33. The minimum absolute atomic E-state index is 0.0106. The number of para-hydroxylation sites is 1. The van der Waals surface area contributed by atoms with Gasteiger partial charge in [-0.3, -0.25) is 0 Å². The topological polar surface area (TPSA) is 18.1 Å². The second kappa shape index (κ2) is 7.18. The fourth-order valence-corrected chi connectivity index (χ4v) is 7.04. The third-order valence-corrected chi connectivity index (χ3v) is 8.96. The van der Waals surface area contributed by atoms with E-state index in [4.69, 9.17) is 4.42 Å². The van der Waals surface area contributed by atoms with Gasteiger partial charge in [0.05, 0.1) is 11.0 Å². The molecule has 0 spiro atoms. The molecule has 0 atom stereocenters. The number of nitrogens with zero attached hydrogens (tertiary/aromatic N) is 1. The van der Waals surface area contributed by atoms with E-state index in [2.05, 4.69) is 128 Å². The molecule has 0 radical (unpaired) electrons. The van der Waals surface area contributed by atoms with Gasteiger partial charge in [-0.25, -0.2) is 0 Å². The fourth-order valence-electron chi connectivity index (χ4n) is 7.04. The van der Waals surface area contributed by atoms with Gasteiger partial charge in [-0.1, -0.05) is 86.6 Å². The first kappa shape index (κ1) is 21.2. The van der Waals surface area contributed by atoms with Gasteiger partial charge in [-0.2, -0.15) is 0 Å². The molecule has 39 heavy (non-hydrogen) atoms. The van der Waals surface area contributed by atoms with Crippen LogP contribution < -0.4 is 0 Å². The van der Waals surface area contributed by atoms with Crippen LogP contribution in [0.4, 0.5) is 0 Å². The molecule has 2 heteroatoms. The molecular weight excluding hydrogens is 474 g/mol. The van der Waals surface area contributed by atoms with E-state index in [0.29, 0.717) is 0 Å². The lowest BCUT2D eigenvalue weighted by Crippen LogP contribution is -2.14. The van der Waals surface area contributed by atoms with Gasteiger partial charge >= 0.3 is 0 Å². The molecule has 9 rings (SSSR count). The number of fused-ring (bicyclic) bond motifs is 10. The normalized spacial score (nSPS) is 14.1. The first-order valence-corrected chi connectivity index (χ1v) is 13.6. The molecule has 6 aromatic carbocycles. The van der Waals surface area contributed by atoms with Crippen LogP contribution in [0.25, 0.3) is 71.3 Å². The van der Waals surface area contributed by atoms with Gasteiger partial charge in [0, 0.05) is 32.6 Å². The van der Waals surface area contributed by atoms with E-state index in [9.17, 15) is 0 Å². The van der Waals surface area contributed by atoms with E-state index in [0.717, 1.165) is 21.9 Å².